The highest BCUT2D eigenvalue weighted by atomic mass is 16.2. The lowest BCUT2D eigenvalue weighted by atomic mass is 10.1. The number of hydrogen-bond acceptors (Lipinski definition) is 4. The van der Waals surface area contributed by atoms with Crippen LogP contribution in [-0.2, 0) is 18.3 Å². The molecule has 2 heterocycles. The quantitative estimate of drug-likeness (QED) is 0.900. The Morgan fingerprint density at radius 1 is 1.08 bits per heavy atom. The molecule has 1 N–H and O–H groups in total. The van der Waals surface area contributed by atoms with E-state index in [9.17, 15) is 9.59 Å². The number of hydrogen-bond donors (Lipinski definition) is 1. The van der Waals surface area contributed by atoms with E-state index < -0.39 is 0 Å². The zero-order chi connectivity index (χ0) is 17.8. The molecule has 7 nitrogen and oxygen atoms in total. The van der Waals surface area contributed by atoms with Gasteiger partial charge >= 0.3 is 0 Å². The van der Waals surface area contributed by atoms with Gasteiger partial charge in [0.15, 0.2) is 0 Å². The zero-order valence-corrected chi connectivity index (χ0v) is 14.6. The summed E-state index contributed by atoms with van der Waals surface area (Å²) in [6, 6.07) is 7.40. The van der Waals surface area contributed by atoms with Crippen molar-refractivity contribution in [2.45, 2.75) is 6.42 Å². The second-order valence-corrected chi connectivity index (χ2v) is 6.40. The molecule has 1 aromatic heterocycles. The summed E-state index contributed by atoms with van der Waals surface area (Å²) in [5.41, 5.74) is 2.14. The van der Waals surface area contributed by atoms with Gasteiger partial charge < -0.3 is 19.7 Å². The van der Waals surface area contributed by atoms with Crippen LogP contribution in [0.5, 0.6) is 0 Å². The van der Waals surface area contributed by atoms with Crippen LogP contribution in [0.15, 0.2) is 36.8 Å². The van der Waals surface area contributed by atoms with E-state index in [2.05, 4.69) is 22.2 Å². The van der Waals surface area contributed by atoms with E-state index in [0.717, 1.165) is 31.7 Å². The molecule has 1 aliphatic rings. The number of rotatable bonds is 4. The van der Waals surface area contributed by atoms with Crippen molar-refractivity contribution in [2.75, 3.05) is 38.5 Å². The van der Waals surface area contributed by atoms with Gasteiger partial charge in [0.25, 0.3) is 5.91 Å². The molecule has 2 amide bonds. The fourth-order valence-corrected chi connectivity index (χ4v) is 2.82. The van der Waals surface area contributed by atoms with Crippen LogP contribution in [0, 0.1) is 0 Å². The largest absolute Gasteiger partial charge is 0.340 e. The summed E-state index contributed by atoms with van der Waals surface area (Å²) in [6.07, 6.45) is 3.50. The molecule has 0 unspecified atom stereocenters. The van der Waals surface area contributed by atoms with E-state index in [0.29, 0.717) is 17.8 Å². The monoisotopic (exact) mass is 341 g/mol. The first kappa shape index (κ1) is 17.2. The standard InChI is InChI=1S/C18H23N5O2/c1-21-7-9-23(10-8-21)17(24)11-14-3-5-15(6-4-14)20-18(25)16-12-19-13-22(16)2/h3-6,12-13H,7-11H2,1-2H3,(H,20,25). The van der Waals surface area contributed by atoms with Crippen LogP contribution in [0.2, 0.25) is 0 Å². The SMILES string of the molecule is CN1CCN(C(=O)Cc2ccc(NC(=O)c3cncn3C)cc2)CC1. The molecule has 1 aliphatic heterocycles. The molecule has 0 saturated carbocycles. The van der Waals surface area contributed by atoms with Crippen molar-refractivity contribution in [3.63, 3.8) is 0 Å². The lowest BCUT2D eigenvalue weighted by Crippen LogP contribution is -2.47. The molecule has 132 valence electrons. The van der Waals surface area contributed by atoms with Crippen molar-refractivity contribution >= 4 is 17.5 Å². The van der Waals surface area contributed by atoms with Crippen LogP contribution in [-0.4, -0.2) is 64.4 Å². The lowest BCUT2D eigenvalue weighted by molar-refractivity contribution is -0.132. The van der Waals surface area contributed by atoms with Crippen LogP contribution < -0.4 is 5.32 Å². The fourth-order valence-electron chi connectivity index (χ4n) is 2.82. The second-order valence-electron chi connectivity index (χ2n) is 6.40. The van der Waals surface area contributed by atoms with Gasteiger partial charge in [-0.3, -0.25) is 9.59 Å². The maximum absolute atomic E-state index is 12.4. The van der Waals surface area contributed by atoms with E-state index in [-0.39, 0.29) is 11.8 Å². The maximum atomic E-state index is 12.4. The van der Waals surface area contributed by atoms with E-state index in [1.807, 2.05) is 29.2 Å². The van der Waals surface area contributed by atoms with Gasteiger partial charge in [0.1, 0.15) is 5.69 Å². The first-order chi connectivity index (χ1) is 12.0. The molecule has 1 aromatic carbocycles. The van der Waals surface area contributed by atoms with Gasteiger partial charge in [0, 0.05) is 38.9 Å². The third-order valence-corrected chi connectivity index (χ3v) is 4.47. The van der Waals surface area contributed by atoms with Gasteiger partial charge in [0.05, 0.1) is 18.9 Å². The normalized spacial score (nSPS) is 15.2. The van der Waals surface area contributed by atoms with Gasteiger partial charge in [-0.15, -0.1) is 0 Å². The minimum Gasteiger partial charge on any atom is -0.340 e. The maximum Gasteiger partial charge on any atom is 0.273 e. The topological polar surface area (TPSA) is 70.5 Å². The number of amides is 2. The predicted molar refractivity (Wildman–Crippen MR) is 95.4 cm³/mol. The third-order valence-electron chi connectivity index (χ3n) is 4.47. The highest BCUT2D eigenvalue weighted by Gasteiger charge is 2.19. The molecule has 0 aliphatic carbocycles. The Morgan fingerprint density at radius 3 is 2.36 bits per heavy atom. The van der Waals surface area contributed by atoms with Gasteiger partial charge in [0.2, 0.25) is 5.91 Å². The Balaban J connectivity index is 1.56. The Kier molecular flexibility index (Phi) is 5.14. The molecule has 2 aromatic rings. The minimum absolute atomic E-state index is 0.153. The molecule has 3 rings (SSSR count). The van der Waals surface area contributed by atoms with Crippen LogP contribution >= 0.6 is 0 Å². The zero-order valence-electron chi connectivity index (χ0n) is 14.6. The number of piperazine rings is 1. The van der Waals surface area contributed by atoms with Gasteiger partial charge in [-0.05, 0) is 24.7 Å². The van der Waals surface area contributed by atoms with Gasteiger partial charge in [-0.1, -0.05) is 12.1 Å². The van der Waals surface area contributed by atoms with E-state index >= 15 is 0 Å². The summed E-state index contributed by atoms with van der Waals surface area (Å²) in [7, 11) is 3.84. The molecule has 0 atom stereocenters. The molecule has 7 heteroatoms. The number of carbonyl (C=O) groups is 2. The predicted octanol–water partition coefficient (Wildman–Crippen LogP) is 0.989. The van der Waals surface area contributed by atoms with E-state index in [4.69, 9.17) is 0 Å². The van der Waals surface area contributed by atoms with Gasteiger partial charge in [-0.2, -0.15) is 0 Å². The van der Waals surface area contributed by atoms with Crippen LogP contribution in [0.25, 0.3) is 0 Å². The minimum atomic E-state index is -0.207. The Bertz CT molecular complexity index is 745. The number of anilines is 1. The lowest BCUT2D eigenvalue weighted by Gasteiger charge is -2.32. The second kappa shape index (κ2) is 7.48. The summed E-state index contributed by atoms with van der Waals surface area (Å²) >= 11 is 0. The van der Waals surface area contributed by atoms with Crippen molar-refractivity contribution in [2.24, 2.45) is 7.05 Å². The highest BCUT2D eigenvalue weighted by Crippen LogP contribution is 2.13. The van der Waals surface area contributed by atoms with Gasteiger partial charge in [-0.25, -0.2) is 4.98 Å². The molecular weight excluding hydrogens is 318 g/mol. The molecular formula is C18H23N5O2. The van der Waals surface area contributed by atoms with Crippen LogP contribution in [0.4, 0.5) is 5.69 Å². The van der Waals surface area contributed by atoms with Crippen molar-refractivity contribution < 1.29 is 9.59 Å². The number of carbonyl (C=O) groups excluding carboxylic acids is 2. The Morgan fingerprint density at radius 2 is 1.76 bits per heavy atom. The van der Waals surface area contributed by atoms with Crippen molar-refractivity contribution in [1.82, 2.24) is 19.4 Å². The number of nitrogens with one attached hydrogen (secondary N) is 1. The summed E-state index contributed by atoms with van der Waals surface area (Å²) in [5.74, 6) is -0.0546. The van der Waals surface area contributed by atoms with Crippen molar-refractivity contribution in [1.29, 1.82) is 0 Å². The van der Waals surface area contributed by atoms with E-state index in [1.54, 1.807) is 17.9 Å². The molecule has 25 heavy (non-hydrogen) atoms. The van der Waals surface area contributed by atoms with E-state index in [1.165, 1.54) is 6.20 Å². The average Bonchev–Trinajstić information content (AvgIpc) is 3.03. The first-order valence-electron chi connectivity index (χ1n) is 8.36. The summed E-state index contributed by atoms with van der Waals surface area (Å²) < 4.78 is 1.67. The van der Waals surface area contributed by atoms with Crippen LogP contribution in [0.3, 0.4) is 0 Å². The molecule has 0 spiro atoms. The Hall–Kier alpha value is -2.67. The van der Waals surface area contributed by atoms with Crippen LogP contribution in [0.1, 0.15) is 16.1 Å². The Labute approximate surface area is 147 Å². The first-order valence-corrected chi connectivity index (χ1v) is 8.36. The summed E-state index contributed by atoms with van der Waals surface area (Å²) in [4.78, 5) is 32.6. The number of imidazole rings is 1. The fraction of sp³-hybridized carbons (Fsp3) is 0.389. The highest BCUT2D eigenvalue weighted by molar-refractivity contribution is 6.02. The molecule has 0 radical (unpaired) electrons. The third kappa shape index (κ3) is 4.24. The molecule has 1 fully saturated rings. The number of aryl methyl sites for hydroxylation is 1. The number of benzene rings is 1. The average molecular weight is 341 g/mol. The van der Waals surface area contributed by atoms with Crippen molar-refractivity contribution in [3.8, 4) is 0 Å². The smallest absolute Gasteiger partial charge is 0.273 e. The summed E-state index contributed by atoms with van der Waals surface area (Å²) in [6.45, 7) is 3.41. The number of likely N-dealkylation sites (N-methyl/N-ethyl adjacent to an activating group) is 1. The number of nitrogens with zero attached hydrogens (tertiary/aromatic N) is 4. The molecule has 1 saturated heterocycles. The molecule has 0 bridgehead atoms. The summed E-state index contributed by atoms with van der Waals surface area (Å²) in [5, 5.41) is 2.83. The number of aromatic nitrogens is 2. The van der Waals surface area contributed by atoms with Crippen molar-refractivity contribution in [3.05, 3.63) is 48.0 Å².